The van der Waals surface area contributed by atoms with Gasteiger partial charge in [0.1, 0.15) is 18.2 Å². The largest absolute Gasteiger partial charge is 0.453 e. The van der Waals surface area contributed by atoms with E-state index in [1.165, 1.54) is 6.92 Å². The Kier molecular flexibility index (Phi) is 7.53. The van der Waals surface area contributed by atoms with Gasteiger partial charge in [-0.25, -0.2) is 4.79 Å². The van der Waals surface area contributed by atoms with Gasteiger partial charge in [-0.3, -0.25) is 4.79 Å². The zero-order chi connectivity index (χ0) is 21.5. The van der Waals surface area contributed by atoms with Crippen LogP contribution in [0.1, 0.15) is 22.8 Å². The molecule has 5 atom stereocenters. The van der Waals surface area contributed by atoms with Gasteiger partial charge >= 0.3 is 5.97 Å². The van der Waals surface area contributed by atoms with Crippen molar-refractivity contribution >= 4 is 11.9 Å². The van der Waals surface area contributed by atoms with Crippen LogP contribution in [0.5, 0.6) is 0 Å². The van der Waals surface area contributed by atoms with Crippen molar-refractivity contribution < 1.29 is 34.0 Å². The van der Waals surface area contributed by atoms with Gasteiger partial charge in [0.2, 0.25) is 5.91 Å². The Bertz CT molecular complexity index is 830. The third kappa shape index (κ3) is 5.64. The van der Waals surface area contributed by atoms with Crippen molar-refractivity contribution in [2.75, 3.05) is 6.61 Å². The summed E-state index contributed by atoms with van der Waals surface area (Å²) in [6, 6.07) is 16.6. The van der Waals surface area contributed by atoms with Crippen LogP contribution in [-0.2, 0) is 25.6 Å². The molecule has 1 saturated heterocycles. The molecule has 0 bridgehead atoms. The highest BCUT2D eigenvalue weighted by Crippen LogP contribution is 2.24. The molecule has 2 aromatic rings. The highest BCUT2D eigenvalue weighted by molar-refractivity contribution is 5.89. The van der Waals surface area contributed by atoms with Gasteiger partial charge in [0.15, 0.2) is 12.4 Å². The summed E-state index contributed by atoms with van der Waals surface area (Å²) in [5.74, 6) is -1.15. The third-order valence-electron chi connectivity index (χ3n) is 4.71. The standard InChI is InChI=1S/C22H25NO7/c1-14(24)23-18-20(30-21(26)16-10-6-3-7-11-16)19(25)17(29-22(18)27)13-28-12-15-8-4-2-5-9-15/h2-11,17-20,22,25,27H,12-13H2,1H3,(H,23,24)/t17-,18-,19-,20-,22-/m1/s1. The number of esters is 1. The summed E-state index contributed by atoms with van der Waals surface area (Å²) < 4.78 is 16.5. The molecule has 8 nitrogen and oxygen atoms in total. The van der Waals surface area contributed by atoms with Crippen LogP contribution in [0.15, 0.2) is 60.7 Å². The molecule has 3 N–H and O–H groups in total. The Balaban J connectivity index is 1.69. The van der Waals surface area contributed by atoms with Gasteiger partial charge < -0.3 is 29.7 Å². The van der Waals surface area contributed by atoms with E-state index in [4.69, 9.17) is 14.2 Å². The van der Waals surface area contributed by atoms with Gasteiger partial charge in [0.25, 0.3) is 0 Å². The maximum Gasteiger partial charge on any atom is 0.338 e. The number of hydrogen-bond acceptors (Lipinski definition) is 7. The molecule has 0 aliphatic carbocycles. The third-order valence-corrected chi connectivity index (χ3v) is 4.71. The van der Waals surface area contributed by atoms with Gasteiger partial charge in [-0.15, -0.1) is 0 Å². The van der Waals surface area contributed by atoms with Crippen LogP contribution in [0.2, 0.25) is 0 Å². The molecule has 2 aromatic carbocycles. The smallest absolute Gasteiger partial charge is 0.338 e. The minimum atomic E-state index is -1.49. The molecule has 1 aliphatic rings. The number of ether oxygens (including phenoxy) is 3. The monoisotopic (exact) mass is 415 g/mol. The number of hydrogen-bond donors (Lipinski definition) is 3. The maximum absolute atomic E-state index is 12.5. The molecule has 160 valence electrons. The molecular weight excluding hydrogens is 390 g/mol. The van der Waals surface area contributed by atoms with Crippen LogP contribution < -0.4 is 5.32 Å². The number of aliphatic hydroxyl groups is 2. The number of nitrogens with one attached hydrogen (secondary N) is 1. The first-order valence-corrected chi connectivity index (χ1v) is 9.62. The zero-order valence-corrected chi connectivity index (χ0v) is 16.5. The highest BCUT2D eigenvalue weighted by Gasteiger charge is 2.47. The van der Waals surface area contributed by atoms with E-state index in [9.17, 15) is 19.8 Å². The first-order valence-electron chi connectivity index (χ1n) is 9.62. The molecule has 1 fully saturated rings. The van der Waals surface area contributed by atoms with Crippen molar-refractivity contribution in [2.45, 2.75) is 44.2 Å². The van der Waals surface area contributed by atoms with Crippen molar-refractivity contribution in [3.63, 3.8) is 0 Å². The topological polar surface area (TPSA) is 114 Å². The Morgan fingerprint density at radius 3 is 2.30 bits per heavy atom. The second-order valence-corrected chi connectivity index (χ2v) is 7.02. The molecule has 1 heterocycles. The van der Waals surface area contributed by atoms with E-state index in [2.05, 4.69) is 5.32 Å². The molecule has 0 radical (unpaired) electrons. The molecule has 0 unspecified atom stereocenters. The van der Waals surface area contributed by atoms with E-state index < -0.39 is 42.5 Å². The number of carbonyl (C=O) groups excluding carboxylic acids is 2. The van der Waals surface area contributed by atoms with Crippen LogP contribution in [0.4, 0.5) is 0 Å². The summed E-state index contributed by atoms with van der Waals surface area (Å²) in [4.78, 5) is 24.1. The molecule has 1 amide bonds. The Hall–Kier alpha value is -2.78. The van der Waals surface area contributed by atoms with Gasteiger partial charge in [0.05, 0.1) is 18.8 Å². The van der Waals surface area contributed by atoms with Crippen molar-refractivity contribution in [2.24, 2.45) is 0 Å². The van der Waals surface area contributed by atoms with E-state index in [1.54, 1.807) is 30.3 Å². The van der Waals surface area contributed by atoms with Crippen molar-refractivity contribution in [1.82, 2.24) is 5.32 Å². The number of benzene rings is 2. The molecule has 0 aromatic heterocycles. The Morgan fingerprint density at radius 1 is 1.03 bits per heavy atom. The fourth-order valence-corrected chi connectivity index (χ4v) is 3.23. The summed E-state index contributed by atoms with van der Waals surface area (Å²) in [6.07, 6.45) is -5.00. The number of aliphatic hydroxyl groups excluding tert-OH is 2. The summed E-state index contributed by atoms with van der Waals surface area (Å²) >= 11 is 0. The molecule has 1 aliphatic heterocycles. The summed E-state index contributed by atoms with van der Waals surface area (Å²) in [5, 5.41) is 23.6. The normalized spacial score (nSPS) is 26.0. The van der Waals surface area contributed by atoms with Crippen molar-refractivity contribution in [1.29, 1.82) is 0 Å². The summed E-state index contributed by atoms with van der Waals surface area (Å²) in [5.41, 5.74) is 1.22. The number of amides is 1. The first kappa shape index (κ1) is 21.9. The predicted octanol–water partition coefficient (Wildman–Crippen LogP) is 1.01. The SMILES string of the molecule is CC(=O)N[C@@H]1[C@@H](OC(=O)c2ccccc2)[C@H](O)[C@@H](COCc2ccccc2)O[C@H]1O. The molecule has 0 saturated carbocycles. The number of rotatable bonds is 7. The lowest BCUT2D eigenvalue weighted by molar-refractivity contribution is -0.256. The molecule has 8 heteroatoms. The summed E-state index contributed by atoms with van der Waals surface area (Å²) in [7, 11) is 0. The Labute approximate surface area is 174 Å². The average molecular weight is 415 g/mol. The average Bonchev–Trinajstić information content (AvgIpc) is 2.75. The minimum Gasteiger partial charge on any atom is -0.453 e. The second kappa shape index (κ2) is 10.3. The van der Waals surface area contributed by atoms with Crippen LogP contribution in [0.25, 0.3) is 0 Å². The van der Waals surface area contributed by atoms with Gasteiger partial charge in [-0.1, -0.05) is 48.5 Å². The van der Waals surface area contributed by atoms with E-state index >= 15 is 0 Å². The fraction of sp³-hybridized carbons (Fsp3) is 0.364. The van der Waals surface area contributed by atoms with Crippen LogP contribution >= 0.6 is 0 Å². The lowest BCUT2D eigenvalue weighted by atomic mass is 9.96. The predicted molar refractivity (Wildman–Crippen MR) is 106 cm³/mol. The quantitative estimate of drug-likeness (QED) is 0.578. The van der Waals surface area contributed by atoms with Crippen LogP contribution in [0, 0.1) is 0 Å². The van der Waals surface area contributed by atoms with Crippen LogP contribution in [-0.4, -0.2) is 59.3 Å². The lowest BCUT2D eigenvalue weighted by Gasteiger charge is -2.42. The van der Waals surface area contributed by atoms with E-state index in [1.807, 2.05) is 30.3 Å². The first-order chi connectivity index (χ1) is 14.5. The second-order valence-electron chi connectivity index (χ2n) is 7.02. The highest BCUT2D eigenvalue weighted by atomic mass is 16.6. The van der Waals surface area contributed by atoms with E-state index in [0.29, 0.717) is 0 Å². The Morgan fingerprint density at radius 2 is 1.67 bits per heavy atom. The molecule has 0 spiro atoms. The van der Waals surface area contributed by atoms with Crippen molar-refractivity contribution in [3.05, 3.63) is 71.8 Å². The molecular formula is C22H25NO7. The van der Waals surface area contributed by atoms with Crippen LogP contribution in [0.3, 0.4) is 0 Å². The van der Waals surface area contributed by atoms with E-state index in [0.717, 1.165) is 5.56 Å². The molecule has 30 heavy (non-hydrogen) atoms. The summed E-state index contributed by atoms with van der Waals surface area (Å²) in [6.45, 7) is 1.50. The van der Waals surface area contributed by atoms with Gasteiger partial charge in [-0.2, -0.15) is 0 Å². The maximum atomic E-state index is 12.5. The van der Waals surface area contributed by atoms with Gasteiger partial charge in [0, 0.05) is 6.92 Å². The minimum absolute atomic E-state index is 0.0424. The number of carbonyl (C=O) groups is 2. The molecule has 3 rings (SSSR count). The zero-order valence-electron chi connectivity index (χ0n) is 16.5. The van der Waals surface area contributed by atoms with E-state index in [-0.39, 0.29) is 18.8 Å². The lowest BCUT2D eigenvalue weighted by Crippen LogP contribution is -2.65. The van der Waals surface area contributed by atoms with Gasteiger partial charge in [-0.05, 0) is 17.7 Å². The van der Waals surface area contributed by atoms with Crippen molar-refractivity contribution in [3.8, 4) is 0 Å². The fourth-order valence-electron chi connectivity index (χ4n) is 3.23.